The second-order valence-corrected chi connectivity index (χ2v) is 6.05. The van der Waals surface area contributed by atoms with Crippen molar-refractivity contribution >= 4 is 5.91 Å². The van der Waals surface area contributed by atoms with Crippen molar-refractivity contribution in [2.24, 2.45) is 11.8 Å². The van der Waals surface area contributed by atoms with Crippen LogP contribution in [0.4, 0.5) is 0 Å². The molecule has 1 rings (SSSR count). The molecular weight excluding hydrogens is 244 g/mol. The van der Waals surface area contributed by atoms with E-state index in [-0.39, 0.29) is 17.7 Å². The summed E-state index contributed by atoms with van der Waals surface area (Å²) in [6.07, 6.45) is 0. The summed E-state index contributed by atoms with van der Waals surface area (Å²) >= 11 is 0. The predicted octanol–water partition coefficient (Wildman–Crippen LogP) is 0.430. The Morgan fingerprint density at radius 2 is 2.21 bits per heavy atom. The summed E-state index contributed by atoms with van der Waals surface area (Å²) in [5.74, 6) is 0.370. The zero-order valence-corrected chi connectivity index (χ0v) is 12.8. The van der Waals surface area contributed by atoms with Crippen LogP contribution in [-0.4, -0.2) is 73.4 Å². The van der Waals surface area contributed by atoms with Crippen LogP contribution in [0, 0.1) is 11.8 Å². The molecule has 0 unspecified atom stereocenters. The highest BCUT2D eigenvalue weighted by Crippen LogP contribution is 2.33. The lowest BCUT2D eigenvalue weighted by molar-refractivity contribution is -0.132. The van der Waals surface area contributed by atoms with E-state index in [1.165, 1.54) is 0 Å². The molecule has 19 heavy (non-hydrogen) atoms. The van der Waals surface area contributed by atoms with Gasteiger partial charge >= 0.3 is 0 Å². The Hall–Kier alpha value is -0.650. The van der Waals surface area contributed by atoms with Crippen molar-refractivity contribution in [1.29, 1.82) is 0 Å². The highest BCUT2D eigenvalue weighted by molar-refractivity contribution is 5.78. The van der Waals surface area contributed by atoms with E-state index in [1.54, 1.807) is 12.0 Å². The van der Waals surface area contributed by atoms with Crippen LogP contribution in [0.3, 0.4) is 0 Å². The van der Waals surface area contributed by atoms with Crippen molar-refractivity contribution in [3.8, 4) is 0 Å². The average molecular weight is 272 g/mol. The maximum atomic E-state index is 12.2. The van der Waals surface area contributed by atoms with E-state index in [0.29, 0.717) is 26.2 Å². The van der Waals surface area contributed by atoms with Crippen LogP contribution in [0.1, 0.15) is 20.8 Å². The standard InChI is InChI=1S/C14H28N2O3/c1-11(2)14(18)10-16(8-12(14)3)13(17)9-15(4)6-7-19-5/h11-12,18H,6-10H2,1-5H3/t12-,14-/m1/s1. The fourth-order valence-electron chi connectivity index (χ4n) is 2.61. The van der Waals surface area contributed by atoms with Crippen LogP contribution in [0.5, 0.6) is 0 Å². The van der Waals surface area contributed by atoms with E-state index in [1.807, 2.05) is 32.7 Å². The molecule has 1 saturated heterocycles. The topological polar surface area (TPSA) is 53.0 Å². The Labute approximate surface area is 116 Å². The first-order chi connectivity index (χ1) is 8.81. The van der Waals surface area contributed by atoms with Gasteiger partial charge in [0.15, 0.2) is 0 Å². The van der Waals surface area contributed by atoms with Crippen LogP contribution in [0.25, 0.3) is 0 Å². The minimum Gasteiger partial charge on any atom is -0.387 e. The number of nitrogens with zero attached hydrogens (tertiary/aromatic N) is 2. The van der Waals surface area contributed by atoms with E-state index in [4.69, 9.17) is 4.74 Å². The highest BCUT2D eigenvalue weighted by atomic mass is 16.5. The zero-order valence-electron chi connectivity index (χ0n) is 12.8. The summed E-state index contributed by atoms with van der Waals surface area (Å²) in [6.45, 7) is 8.86. The largest absolute Gasteiger partial charge is 0.387 e. The molecule has 0 bridgehead atoms. The molecule has 5 heteroatoms. The molecule has 0 saturated carbocycles. The molecule has 5 nitrogen and oxygen atoms in total. The molecule has 1 fully saturated rings. The Morgan fingerprint density at radius 1 is 1.58 bits per heavy atom. The molecule has 0 spiro atoms. The highest BCUT2D eigenvalue weighted by Gasteiger charge is 2.46. The van der Waals surface area contributed by atoms with Crippen molar-refractivity contribution in [1.82, 2.24) is 9.80 Å². The molecular formula is C14H28N2O3. The Morgan fingerprint density at radius 3 is 2.68 bits per heavy atom. The van der Waals surface area contributed by atoms with Crippen molar-refractivity contribution in [2.75, 3.05) is 46.9 Å². The molecule has 1 heterocycles. The van der Waals surface area contributed by atoms with Gasteiger partial charge in [-0.2, -0.15) is 0 Å². The number of rotatable bonds is 6. The molecule has 0 aromatic rings. The van der Waals surface area contributed by atoms with Gasteiger partial charge in [-0.3, -0.25) is 9.69 Å². The van der Waals surface area contributed by atoms with Crippen LogP contribution < -0.4 is 0 Å². The van der Waals surface area contributed by atoms with Gasteiger partial charge in [-0.25, -0.2) is 0 Å². The molecule has 0 aliphatic carbocycles. The first-order valence-corrected chi connectivity index (χ1v) is 6.99. The van der Waals surface area contributed by atoms with Crippen molar-refractivity contribution in [3.63, 3.8) is 0 Å². The minimum atomic E-state index is -0.749. The predicted molar refractivity (Wildman–Crippen MR) is 74.9 cm³/mol. The summed E-state index contributed by atoms with van der Waals surface area (Å²) < 4.78 is 4.99. The molecule has 2 atom stereocenters. The van der Waals surface area contributed by atoms with Gasteiger partial charge in [0, 0.05) is 32.7 Å². The molecule has 1 aliphatic heterocycles. The number of hydrogen-bond acceptors (Lipinski definition) is 4. The number of carbonyl (C=O) groups is 1. The normalized spacial score (nSPS) is 27.6. The maximum Gasteiger partial charge on any atom is 0.236 e. The lowest BCUT2D eigenvalue weighted by Crippen LogP contribution is -2.44. The van der Waals surface area contributed by atoms with Gasteiger partial charge in [0.2, 0.25) is 5.91 Å². The molecule has 1 N–H and O–H groups in total. The van der Waals surface area contributed by atoms with Crippen LogP contribution in [0.2, 0.25) is 0 Å². The first kappa shape index (κ1) is 16.4. The smallest absolute Gasteiger partial charge is 0.236 e. The van der Waals surface area contributed by atoms with Crippen molar-refractivity contribution in [3.05, 3.63) is 0 Å². The van der Waals surface area contributed by atoms with Gasteiger partial charge in [0.1, 0.15) is 0 Å². The summed E-state index contributed by atoms with van der Waals surface area (Å²) in [6, 6.07) is 0. The van der Waals surface area contributed by atoms with Gasteiger partial charge in [-0.15, -0.1) is 0 Å². The average Bonchev–Trinajstić information content (AvgIpc) is 2.64. The summed E-state index contributed by atoms with van der Waals surface area (Å²) in [5.41, 5.74) is -0.749. The Kier molecular flexibility index (Phi) is 5.77. The monoisotopic (exact) mass is 272 g/mol. The molecule has 0 aromatic heterocycles. The first-order valence-electron chi connectivity index (χ1n) is 6.99. The van der Waals surface area contributed by atoms with Gasteiger partial charge < -0.3 is 14.7 Å². The minimum absolute atomic E-state index is 0.0852. The fraction of sp³-hybridized carbons (Fsp3) is 0.929. The molecule has 112 valence electrons. The van der Waals surface area contributed by atoms with Gasteiger partial charge in [-0.05, 0) is 13.0 Å². The van der Waals surface area contributed by atoms with E-state index in [2.05, 4.69) is 0 Å². The number of methoxy groups -OCH3 is 1. The van der Waals surface area contributed by atoms with E-state index in [0.717, 1.165) is 6.54 Å². The number of carbonyl (C=O) groups excluding carboxylic acids is 1. The maximum absolute atomic E-state index is 12.2. The van der Waals surface area contributed by atoms with Crippen molar-refractivity contribution < 1.29 is 14.6 Å². The van der Waals surface area contributed by atoms with E-state index in [9.17, 15) is 9.90 Å². The zero-order chi connectivity index (χ0) is 14.6. The van der Waals surface area contributed by atoms with E-state index < -0.39 is 5.60 Å². The molecule has 0 radical (unpaired) electrons. The summed E-state index contributed by atoms with van der Waals surface area (Å²) in [7, 11) is 3.56. The van der Waals surface area contributed by atoms with Gasteiger partial charge in [0.05, 0.1) is 18.8 Å². The summed E-state index contributed by atoms with van der Waals surface area (Å²) in [5, 5.41) is 10.6. The van der Waals surface area contributed by atoms with Crippen LogP contribution in [0.15, 0.2) is 0 Å². The third kappa shape index (κ3) is 3.91. The van der Waals surface area contributed by atoms with Crippen LogP contribution >= 0.6 is 0 Å². The fourth-order valence-corrected chi connectivity index (χ4v) is 2.61. The van der Waals surface area contributed by atoms with E-state index >= 15 is 0 Å². The number of hydrogen-bond donors (Lipinski definition) is 1. The quantitative estimate of drug-likeness (QED) is 0.762. The number of β-amino-alcohol motifs (C(OH)–C–C–N with tert-alkyl or cyclic N) is 1. The molecule has 0 aromatic carbocycles. The van der Waals surface area contributed by atoms with Crippen molar-refractivity contribution in [2.45, 2.75) is 26.4 Å². The Bertz CT molecular complexity index is 309. The second kappa shape index (κ2) is 6.68. The SMILES string of the molecule is COCCN(C)CC(=O)N1C[C@@H](C)[C@](O)(C(C)C)C1. The number of ether oxygens (including phenoxy) is 1. The van der Waals surface area contributed by atoms with Crippen LogP contribution in [-0.2, 0) is 9.53 Å². The number of likely N-dealkylation sites (tertiary alicyclic amines) is 1. The summed E-state index contributed by atoms with van der Waals surface area (Å²) in [4.78, 5) is 15.9. The third-order valence-corrected chi connectivity index (χ3v) is 4.23. The van der Waals surface area contributed by atoms with Gasteiger partial charge in [0.25, 0.3) is 0 Å². The third-order valence-electron chi connectivity index (χ3n) is 4.23. The van der Waals surface area contributed by atoms with Gasteiger partial charge in [-0.1, -0.05) is 20.8 Å². The second-order valence-electron chi connectivity index (χ2n) is 6.05. The number of amides is 1. The lowest BCUT2D eigenvalue weighted by Gasteiger charge is -2.31. The lowest BCUT2D eigenvalue weighted by atomic mass is 9.82. The molecule has 1 amide bonds. The molecule has 1 aliphatic rings. The number of aliphatic hydroxyl groups is 1. The Balaban J connectivity index is 2.52. The number of likely N-dealkylation sites (N-methyl/N-ethyl adjacent to an activating group) is 1.